The number of carbonyl (C=O) groups excluding carboxylic acids is 2. The van der Waals surface area contributed by atoms with E-state index in [1.807, 2.05) is 6.92 Å². The summed E-state index contributed by atoms with van der Waals surface area (Å²) in [6, 6.07) is 0. The quantitative estimate of drug-likeness (QED) is 0.787. The SMILES string of the molecule is CCCC(C)(NC(=O)c1cncnc1)C(=O)OC. The molecule has 0 aliphatic carbocycles. The molecule has 0 aromatic carbocycles. The number of nitrogens with zero attached hydrogens (tertiary/aromatic N) is 2. The fraction of sp³-hybridized carbons (Fsp3) is 0.500. The van der Waals surface area contributed by atoms with Gasteiger partial charge in [-0.05, 0) is 13.3 Å². The maximum atomic E-state index is 12.0. The minimum Gasteiger partial charge on any atom is -0.467 e. The van der Waals surface area contributed by atoms with Crippen LogP contribution in [0.5, 0.6) is 0 Å². The van der Waals surface area contributed by atoms with Gasteiger partial charge in [0, 0.05) is 12.4 Å². The third kappa shape index (κ3) is 3.26. The Balaban J connectivity index is 2.85. The highest BCUT2D eigenvalue weighted by Crippen LogP contribution is 2.15. The first kappa shape index (κ1) is 14.1. The minimum atomic E-state index is -1.03. The van der Waals surface area contributed by atoms with E-state index >= 15 is 0 Å². The van der Waals surface area contributed by atoms with E-state index in [9.17, 15) is 9.59 Å². The molecule has 0 bridgehead atoms. The second kappa shape index (κ2) is 6.09. The molecule has 1 aromatic rings. The third-order valence-electron chi connectivity index (χ3n) is 2.60. The average molecular weight is 251 g/mol. The van der Waals surface area contributed by atoms with Gasteiger partial charge < -0.3 is 10.1 Å². The molecule has 6 heteroatoms. The number of esters is 1. The molecule has 1 N–H and O–H groups in total. The first-order valence-corrected chi connectivity index (χ1v) is 5.69. The van der Waals surface area contributed by atoms with Crippen molar-refractivity contribution in [2.45, 2.75) is 32.2 Å². The summed E-state index contributed by atoms with van der Waals surface area (Å²) in [6.45, 7) is 3.57. The van der Waals surface area contributed by atoms with E-state index in [-0.39, 0.29) is 0 Å². The van der Waals surface area contributed by atoms with Crippen LogP contribution in [0.1, 0.15) is 37.0 Å². The zero-order valence-electron chi connectivity index (χ0n) is 10.8. The van der Waals surface area contributed by atoms with Crippen molar-refractivity contribution in [3.05, 3.63) is 24.3 Å². The molecular formula is C12H17N3O3. The van der Waals surface area contributed by atoms with Crippen LogP contribution in [0.4, 0.5) is 0 Å². The van der Waals surface area contributed by atoms with Crippen LogP contribution in [0.15, 0.2) is 18.7 Å². The van der Waals surface area contributed by atoms with Crippen molar-refractivity contribution in [2.75, 3.05) is 7.11 Å². The molecule has 1 heterocycles. The van der Waals surface area contributed by atoms with E-state index in [0.717, 1.165) is 6.42 Å². The van der Waals surface area contributed by atoms with E-state index in [4.69, 9.17) is 4.74 Å². The van der Waals surface area contributed by atoms with Crippen LogP contribution in [0, 0.1) is 0 Å². The van der Waals surface area contributed by atoms with Gasteiger partial charge in [0.2, 0.25) is 0 Å². The van der Waals surface area contributed by atoms with E-state index in [1.165, 1.54) is 25.8 Å². The third-order valence-corrected chi connectivity index (χ3v) is 2.60. The number of rotatable bonds is 5. The number of nitrogens with one attached hydrogen (secondary N) is 1. The van der Waals surface area contributed by atoms with Crippen LogP contribution in [-0.4, -0.2) is 34.5 Å². The van der Waals surface area contributed by atoms with Gasteiger partial charge in [0.05, 0.1) is 12.7 Å². The summed E-state index contributed by atoms with van der Waals surface area (Å²) in [5.41, 5.74) is -0.722. The number of hydrogen-bond acceptors (Lipinski definition) is 5. The highest BCUT2D eigenvalue weighted by atomic mass is 16.5. The fourth-order valence-corrected chi connectivity index (χ4v) is 1.68. The molecule has 0 aliphatic rings. The zero-order chi connectivity index (χ0) is 13.6. The van der Waals surface area contributed by atoms with Gasteiger partial charge in [0.1, 0.15) is 11.9 Å². The summed E-state index contributed by atoms with van der Waals surface area (Å²) < 4.78 is 4.72. The Morgan fingerprint density at radius 3 is 2.50 bits per heavy atom. The zero-order valence-corrected chi connectivity index (χ0v) is 10.8. The summed E-state index contributed by atoms with van der Waals surface area (Å²) in [5.74, 6) is -0.855. The van der Waals surface area contributed by atoms with Crippen molar-refractivity contribution in [3.63, 3.8) is 0 Å². The lowest BCUT2D eigenvalue weighted by molar-refractivity contribution is -0.147. The van der Waals surface area contributed by atoms with Crippen LogP contribution in [0.3, 0.4) is 0 Å². The van der Waals surface area contributed by atoms with Crippen LogP contribution in [0.25, 0.3) is 0 Å². The monoisotopic (exact) mass is 251 g/mol. The molecule has 1 atom stereocenters. The lowest BCUT2D eigenvalue weighted by atomic mass is 9.96. The van der Waals surface area contributed by atoms with Gasteiger partial charge >= 0.3 is 5.97 Å². The van der Waals surface area contributed by atoms with Crippen molar-refractivity contribution < 1.29 is 14.3 Å². The average Bonchev–Trinajstić information content (AvgIpc) is 2.39. The predicted molar refractivity (Wildman–Crippen MR) is 64.8 cm³/mol. The number of hydrogen-bond donors (Lipinski definition) is 1. The Morgan fingerprint density at radius 2 is 2.00 bits per heavy atom. The molecule has 6 nitrogen and oxygen atoms in total. The molecule has 0 spiro atoms. The first-order chi connectivity index (χ1) is 8.53. The van der Waals surface area contributed by atoms with E-state index in [1.54, 1.807) is 6.92 Å². The Labute approximate surface area is 106 Å². The Hall–Kier alpha value is -1.98. The molecule has 0 saturated carbocycles. The van der Waals surface area contributed by atoms with Gasteiger partial charge in [0.15, 0.2) is 0 Å². The van der Waals surface area contributed by atoms with Gasteiger partial charge in [-0.1, -0.05) is 13.3 Å². The molecule has 98 valence electrons. The van der Waals surface area contributed by atoms with E-state index in [0.29, 0.717) is 12.0 Å². The molecule has 0 fully saturated rings. The number of aromatic nitrogens is 2. The second-order valence-corrected chi connectivity index (χ2v) is 4.15. The highest BCUT2D eigenvalue weighted by molar-refractivity contribution is 5.97. The van der Waals surface area contributed by atoms with E-state index in [2.05, 4.69) is 15.3 Å². The number of methoxy groups -OCH3 is 1. The molecule has 0 radical (unpaired) electrons. The van der Waals surface area contributed by atoms with Gasteiger partial charge in [-0.15, -0.1) is 0 Å². The molecule has 1 amide bonds. The second-order valence-electron chi connectivity index (χ2n) is 4.15. The van der Waals surface area contributed by atoms with Crippen LogP contribution in [0.2, 0.25) is 0 Å². The van der Waals surface area contributed by atoms with Crippen LogP contribution in [-0.2, 0) is 9.53 Å². The fourth-order valence-electron chi connectivity index (χ4n) is 1.68. The summed E-state index contributed by atoms with van der Waals surface area (Å²) in [6.07, 6.45) is 5.37. The van der Waals surface area contributed by atoms with Crippen molar-refractivity contribution in [1.82, 2.24) is 15.3 Å². The maximum Gasteiger partial charge on any atom is 0.331 e. The summed E-state index contributed by atoms with van der Waals surface area (Å²) in [7, 11) is 1.30. The van der Waals surface area contributed by atoms with Gasteiger partial charge in [-0.2, -0.15) is 0 Å². The highest BCUT2D eigenvalue weighted by Gasteiger charge is 2.35. The molecule has 18 heavy (non-hydrogen) atoms. The number of amides is 1. The Kier molecular flexibility index (Phi) is 4.76. The van der Waals surface area contributed by atoms with Gasteiger partial charge in [-0.3, -0.25) is 4.79 Å². The van der Waals surface area contributed by atoms with Gasteiger partial charge in [-0.25, -0.2) is 14.8 Å². The van der Waals surface area contributed by atoms with Crippen molar-refractivity contribution in [2.24, 2.45) is 0 Å². The normalized spacial score (nSPS) is 13.5. The summed E-state index contributed by atoms with van der Waals surface area (Å²) in [4.78, 5) is 31.2. The maximum absolute atomic E-state index is 12.0. The van der Waals surface area contributed by atoms with E-state index < -0.39 is 17.4 Å². The largest absolute Gasteiger partial charge is 0.467 e. The lowest BCUT2D eigenvalue weighted by Gasteiger charge is -2.27. The standard InChI is InChI=1S/C12H17N3O3/c1-4-5-12(2,11(17)18-3)15-10(16)9-6-13-8-14-7-9/h6-8H,4-5H2,1-3H3,(H,15,16). The molecule has 1 rings (SSSR count). The molecule has 0 saturated heterocycles. The molecule has 0 aliphatic heterocycles. The van der Waals surface area contributed by atoms with Crippen molar-refractivity contribution in [1.29, 1.82) is 0 Å². The molecular weight excluding hydrogens is 234 g/mol. The first-order valence-electron chi connectivity index (χ1n) is 5.69. The predicted octanol–water partition coefficient (Wildman–Crippen LogP) is 0.938. The van der Waals surface area contributed by atoms with Gasteiger partial charge in [0.25, 0.3) is 5.91 Å². The minimum absolute atomic E-state index is 0.309. The van der Waals surface area contributed by atoms with Crippen molar-refractivity contribution in [3.8, 4) is 0 Å². The number of carbonyl (C=O) groups is 2. The van der Waals surface area contributed by atoms with Crippen molar-refractivity contribution >= 4 is 11.9 Å². The lowest BCUT2D eigenvalue weighted by Crippen LogP contribution is -2.52. The summed E-state index contributed by atoms with van der Waals surface area (Å²) >= 11 is 0. The van der Waals surface area contributed by atoms with Crippen LogP contribution < -0.4 is 5.32 Å². The summed E-state index contributed by atoms with van der Waals surface area (Å²) in [5, 5.41) is 2.67. The molecule has 1 aromatic heterocycles. The molecule has 1 unspecified atom stereocenters. The topological polar surface area (TPSA) is 81.2 Å². The van der Waals surface area contributed by atoms with Crippen LogP contribution >= 0.6 is 0 Å². The Bertz CT molecular complexity index is 422. The smallest absolute Gasteiger partial charge is 0.331 e. The number of ether oxygens (including phenoxy) is 1. The Morgan fingerprint density at radius 1 is 1.39 bits per heavy atom.